The quantitative estimate of drug-likeness (QED) is 0.400. The van der Waals surface area contributed by atoms with Gasteiger partial charge in [0.25, 0.3) is 0 Å². The predicted molar refractivity (Wildman–Crippen MR) is 165 cm³/mol. The third-order valence-corrected chi connectivity index (χ3v) is 8.05. The number of aromatic nitrogens is 2. The van der Waals surface area contributed by atoms with Gasteiger partial charge < -0.3 is 29.1 Å². The molecule has 41 heavy (non-hydrogen) atoms. The molecule has 4 heterocycles. The van der Waals surface area contributed by atoms with Crippen LogP contribution in [-0.2, 0) is 4.74 Å². The van der Waals surface area contributed by atoms with Crippen LogP contribution in [0.2, 0.25) is 0 Å². The third-order valence-electron chi connectivity index (χ3n) is 8.05. The highest BCUT2D eigenvalue weighted by Crippen LogP contribution is 2.39. The molecule has 0 aliphatic carbocycles. The summed E-state index contributed by atoms with van der Waals surface area (Å²) in [7, 11) is 8.05. The van der Waals surface area contributed by atoms with Crippen molar-refractivity contribution >= 4 is 28.4 Å². The Hall–Kier alpha value is -3.59. The van der Waals surface area contributed by atoms with Crippen molar-refractivity contribution < 1.29 is 14.3 Å². The first-order valence-corrected chi connectivity index (χ1v) is 14.6. The van der Waals surface area contributed by atoms with Gasteiger partial charge in [-0.3, -0.25) is 0 Å². The summed E-state index contributed by atoms with van der Waals surface area (Å²) in [6.07, 6.45) is 2.71. The van der Waals surface area contributed by atoms with Crippen molar-refractivity contribution in [2.24, 2.45) is 11.8 Å². The van der Waals surface area contributed by atoms with Crippen molar-refractivity contribution in [3.63, 3.8) is 0 Å². The molecule has 9 nitrogen and oxygen atoms in total. The van der Waals surface area contributed by atoms with Crippen LogP contribution >= 0.6 is 0 Å². The number of fused-ring (bicyclic) bond motifs is 2. The summed E-state index contributed by atoms with van der Waals surface area (Å²) in [5, 5.41) is 1.19. The first kappa shape index (κ1) is 28.9. The van der Waals surface area contributed by atoms with Gasteiger partial charge in [-0.15, -0.1) is 0 Å². The van der Waals surface area contributed by atoms with Crippen LogP contribution in [0.5, 0.6) is 5.88 Å². The van der Waals surface area contributed by atoms with Gasteiger partial charge in [0, 0.05) is 75.4 Å². The van der Waals surface area contributed by atoms with E-state index in [9.17, 15) is 4.79 Å². The molecule has 1 amide bonds. The molecule has 2 saturated heterocycles. The number of carbonyl (C=O) groups is 1. The summed E-state index contributed by atoms with van der Waals surface area (Å²) in [6.45, 7) is 10.8. The lowest BCUT2D eigenvalue weighted by Crippen LogP contribution is -2.37. The van der Waals surface area contributed by atoms with Gasteiger partial charge in [0.1, 0.15) is 12.2 Å². The molecule has 0 N–H and O–H groups in total. The minimum Gasteiger partial charge on any atom is -0.476 e. The van der Waals surface area contributed by atoms with Gasteiger partial charge in [-0.05, 0) is 83.0 Å². The van der Waals surface area contributed by atoms with Crippen molar-refractivity contribution in [1.29, 1.82) is 0 Å². The first-order chi connectivity index (χ1) is 19.5. The molecule has 5 rings (SSSR count). The topological polar surface area (TPSA) is 74.3 Å². The van der Waals surface area contributed by atoms with Crippen molar-refractivity contribution in [3.8, 4) is 17.1 Å². The van der Waals surface area contributed by atoms with Crippen LogP contribution in [0, 0.1) is 11.8 Å². The summed E-state index contributed by atoms with van der Waals surface area (Å²) < 4.78 is 11.2. The van der Waals surface area contributed by atoms with Crippen LogP contribution < -0.4 is 14.5 Å². The molecule has 0 radical (unpaired) electrons. The summed E-state index contributed by atoms with van der Waals surface area (Å²) in [6, 6.07) is 12.7. The lowest BCUT2D eigenvalue weighted by Gasteiger charge is -2.31. The number of piperidine rings is 1. The van der Waals surface area contributed by atoms with E-state index in [0.29, 0.717) is 24.9 Å². The monoisotopic (exact) mass is 560 g/mol. The number of hydrogen-bond donors (Lipinski definition) is 0. The van der Waals surface area contributed by atoms with Gasteiger partial charge in [0.2, 0.25) is 5.88 Å². The zero-order valence-corrected chi connectivity index (χ0v) is 25.6. The molecule has 2 atom stereocenters. The smallest absolute Gasteiger partial charge is 0.410 e. The molecule has 2 aromatic heterocycles. The highest BCUT2D eigenvalue weighted by atomic mass is 16.6. The number of nitrogens with zero attached hydrogens (tertiary/aromatic N) is 6. The summed E-state index contributed by atoms with van der Waals surface area (Å²) in [5.41, 5.74) is 4.68. The second-order valence-electron chi connectivity index (χ2n) is 12.7. The molecule has 0 spiro atoms. The third kappa shape index (κ3) is 6.84. The number of carbonyl (C=O) groups excluding carboxylic acids is 1. The molecule has 3 aromatic rings. The molecule has 2 fully saturated rings. The molecule has 220 valence electrons. The maximum absolute atomic E-state index is 12.2. The Morgan fingerprint density at radius 1 is 1.05 bits per heavy atom. The summed E-state index contributed by atoms with van der Waals surface area (Å²) in [4.78, 5) is 30.5. The Kier molecular flexibility index (Phi) is 8.27. The van der Waals surface area contributed by atoms with Gasteiger partial charge >= 0.3 is 6.09 Å². The minimum absolute atomic E-state index is 0.320. The molecular formula is C32H44N6O3. The van der Waals surface area contributed by atoms with Crippen LogP contribution in [0.15, 0.2) is 42.6 Å². The fraction of sp³-hybridized carbons (Fsp3) is 0.531. The fourth-order valence-corrected chi connectivity index (χ4v) is 5.77. The van der Waals surface area contributed by atoms with Gasteiger partial charge in [-0.2, -0.15) is 0 Å². The van der Waals surface area contributed by atoms with Crippen molar-refractivity contribution in [1.82, 2.24) is 19.8 Å². The summed E-state index contributed by atoms with van der Waals surface area (Å²) >= 11 is 0. The number of amides is 1. The van der Waals surface area contributed by atoms with Crippen LogP contribution in [0.3, 0.4) is 0 Å². The molecule has 2 aliphatic heterocycles. The van der Waals surface area contributed by atoms with E-state index in [-0.39, 0.29) is 6.09 Å². The van der Waals surface area contributed by atoms with Crippen molar-refractivity contribution in [2.75, 3.05) is 77.3 Å². The fourth-order valence-electron chi connectivity index (χ4n) is 5.77. The van der Waals surface area contributed by atoms with Crippen LogP contribution in [-0.4, -0.2) is 99.0 Å². The number of likely N-dealkylation sites (tertiary alicyclic amines) is 1. The lowest BCUT2D eigenvalue weighted by atomic mass is 9.89. The minimum atomic E-state index is -0.530. The maximum atomic E-state index is 12.2. The Labute approximate surface area is 244 Å². The number of rotatable bonds is 7. The second kappa shape index (κ2) is 11.7. The molecule has 9 heteroatoms. The van der Waals surface area contributed by atoms with E-state index in [4.69, 9.17) is 14.5 Å². The van der Waals surface area contributed by atoms with Crippen LogP contribution in [0.4, 0.5) is 16.2 Å². The largest absolute Gasteiger partial charge is 0.476 e. The van der Waals surface area contributed by atoms with Crippen LogP contribution in [0.25, 0.3) is 22.2 Å². The number of anilines is 2. The van der Waals surface area contributed by atoms with E-state index in [1.165, 1.54) is 35.5 Å². The van der Waals surface area contributed by atoms with Crippen molar-refractivity contribution in [3.05, 3.63) is 42.6 Å². The molecule has 1 aromatic carbocycles. The van der Waals surface area contributed by atoms with E-state index < -0.39 is 5.60 Å². The summed E-state index contributed by atoms with van der Waals surface area (Å²) in [5.74, 6) is 1.95. The number of ether oxygens (including phenoxy) is 2. The highest BCUT2D eigenvalue weighted by Gasteiger charge is 2.36. The normalized spacial score (nSPS) is 19.2. The molecular weight excluding hydrogens is 516 g/mol. The Balaban J connectivity index is 1.35. The van der Waals surface area contributed by atoms with E-state index in [2.05, 4.69) is 65.1 Å². The van der Waals surface area contributed by atoms with Crippen LogP contribution in [0.1, 0.15) is 27.2 Å². The Morgan fingerprint density at radius 2 is 1.83 bits per heavy atom. The number of hydrogen-bond acceptors (Lipinski definition) is 8. The van der Waals surface area contributed by atoms with E-state index in [1.807, 2.05) is 39.1 Å². The van der Waals surface area contributed by atoms with E-state index >= 15 is 0 Å². The zero-order chi connectivity index (χ0) is 29.3. The average molecular weight is 561 g/mol. The Morgan fingerprint density at radius 3 is 2.54 bits per heavy atom. The van der Waals surface area contributed by atoms with Gasteiger partial charge in [-0.1, -0.05) is 0 Å². The molecule has 0 unspecified atom stereocenters. The Bertz CT molecular complexity index is 1370. The average Bonchev–Trinajstić information content (AvgIpc) is 3.34. The maximum Gasteiger partial charge on any atom is 0.410 e. The van der Waals surface area contributed by atoms with Gasteiger partial charge in [0.05, 0.1) is 17.8 Å². The molecule has 2 aliphatic rings. The standard InChI is InChI=1S/C32H44N6O3/c1-32(2,3)41-31(39)37(7)14-15-40-30-11-8-22(18-33-30)27-17-29(26-10-9-25(35(4)5)16-28(26)34-27)38-20-23-12-13-36(6)19-24(23)21-38/h8-11,16-18,23-24H,12-15,19-21H2,1-7H3/t23-,24+/m0/s1. The molecule has 0 bridgehead atoms. The number of benzene rings is 1. The zero-order valence-electron chi connectivity index (χ0n) is 25.6. The van der Waals surface area contributed by atoms with Crippen molar-refractivity contribution in [2.45, 2.75) is 32.8 Å². The highest BCUT2D eigenvalue weighted by molar-refractivity contribution is 5.96. The molecule has 0 saturated carbocycles. The predicted octanol–water partition coefficient (Wildman–Crippen LogP) is 5.00. The SMILES string of the molecule is CN1CC[C@H]2CN(c3cc(-c4ccc(OCCN(C)C(=O)OC(C)(C)C)nc4)nc4cc(N(C)C)ccc34)C[C@H]2C1. The van der Waals surface area contributed by atoms with E-state index in [0.717, 1.165) is 41.5 Å². The van der Waals surface area contributed by atoms with Gasteiger partial charge in [0.15, 0.2) is 0 Å². The lowest BCUT2D eigenvalue weighted by molar-refractivity contribution is 0.0277. The van der Waals surface area contributed by atoms with Gasteiger partial charge in [-0.25, -0.2) is 14.8 Å². The number of pyridine rings is 2. The first-order valence-electron chi connectivity index (χ1n) is 14.6. The second-order valence-corrected chi connectivity index (χ2v) is 12.7. The van der Waals surface area contributed by atoms with E-state index in [1.54, 1.807) is 7.05 Å². The number of likely N-dealkylation sites (N-methyl/N-ethyl adjacent to an activating group) is 1.